The van der Waals surface area contributed by atoms with Crippen LogP contribution in [0.1, 0.15) is 29.7 Å². The highest BCUT2D eigenvalue weighted by Gasteiger charge is 2.21. The number of rotatable bonds is 4. The van der Waals surface area contributed by atoms with Gasteiger partial charge in [0.1, 0.15) is 11.9 Å². The molecule has 2 aromatic heterocycles. The number of carbonyl (C=O) groups is 1. The van der Waals surface area contributed by atoms with Gasteiger partial charge in [0.15, 0.2) is 0 Å². The highest BCUT2D eigenvalue weighted by atomic mass is 16.4. The van der Waals surface area contributed by atoms with Gasteiger partial charge in [0.2, 0.25) is 0 Å². The number of carboxylic acids is 1. The zero-order valence-corrected chi connectivity index (χ0v) is 13.9. The normalized spacial score (nSPS) is 14.8. The average molecular weight is 344 g/mol. The van der Waals surface area contributed by atoms with E-state index < -0.39 is 17.7 Å². The smallest absolute Gasteiger partial charge is 0.336 e. The summed E-state index contributed by atoms with van der Waals surface area (Å²) < 4.78 is 2.59. The van der Waals surface area contributed by atoms with Gasteiger partial charge in [0.05, 0.1) is 0 Å². The highest BCUT2D eigenvalue weighted by molar-refractivity contribution is 5.73. The van der Waals surface area contributed by atoms with Crippen LogP contribution in [0.4, 0.5) is 0 Å². The van der Waals surface area contributed by atoms with Gasteiger partial charge in [0.25, 0.3) is 5.56 Å². The third-order valence-electron chi connectivity index (χ3n) is 4.59. The number of fused-ring (bicyclic) bond motifs is 1. The Morgan fingerprint density at radius 3 is 2.68 bits per heavy atom. The molecule has 0 unspecified atom stereocenters. The molecule has 2 aromatic rings. The third kappa shape index (κ3) is 3.12. The van der Waals surface area contributed by atoms with E-state index in [9.17, 15) is 14.4 Å². The number of aromatic nitrogens is 3. The second-order valence-electron chi connectivity index (χ2n) is 6.29. The van der Waals surface area contributed by atoms with E-state index in [0.29, 0.717) is 17.5 Å². The molecule has 0 radical (unpaired) electrons. The van der Waals surface area contributed by atoms with Gasteiger partial charge in [-0.2, -0.15) is 0 Å². The van der Waals surface area contributed by atoms with Crippen molar-refractivity contribution in [3.05, 3.63) is 56.0 Å². The lowest BCUT2D eigenvalue weighted by atomic mass is 9.97. The summed E-state index contributed by atoms with van der Waals surface area (Å²) in [4.78, 5) is 40.3. The van der Waals surface area contributed by atoms with Crippen molar-refractivity contribution in [3.63, 3.8) is 0 Å². The molecule has 3 N–H and O–H groups in total. The predicted molar refractivity (Wildman–Crippen MR) is 91.0 cm³/mol. The summed E-state index contributed by atoms with van der Waals surface area (Å²) in [6.07, 6.45) is 4.87. The maximum atomic E-state index is 12.8. The molecule has 1 aliphatic rings. The van der Waals surface area contributed by atoms with Gasteiger partial charge in [-0.15, -0.1) is 0 Å². The molecule has 132 valence electrons. The predicted octanol–water partition coefficient (Wildman–Crippen LogP) is -0.236. The largest absolute Gasteiger partial charge is 0.480 e. The van der Waals surface area contributed by atoms with Crippen LogP contribution < -0.4 is 17.0 Å². The summed E-state index contributed by atoms with van der Waals surface area (Å²) in [6.45, 7) is 0. The molecule has 25 heavy (non-hydrogen) atoms. The lowest BCUT2D eigenvalue weighted by Crippen LogP contribution is -2.43. The molecule has 0 saturated heterocycles. The summed E-state index contributed by atoms with van der Waals surface area (Å²) in [6, 6.07) is 2.16. The standard InChI is InChI=1S/C17H20N4O4/c1-20-13-5-3-2-4-11(13)15(22)21(17(20)25)14-7-6-10(9-19-14)8-12(18)16(23)24/h6-7,9,12H,2-5,8,18H2,1H3,(H,23,24)/t12-/m0/s1. The third-order valence-corrected chi connectivity index (χ3v) is 4.59. The van der Waals surface area contributed by atoms with Gasteiger partial charge >= 0.3 is 11.7 Å². The van der Waals surface area contributed by atoms with E-state index in [-0.39, 0.29) is 17.8 Å². The van der Waals surface area contributed by atoms with Crippen molar-refractivity contribution in [1.29, 1.82) is 0 Å². The first-order valence-corrected chi connectivity index (χ1v) is 8.17. The zero-order valence-electron chi connectivity index (χ0n) is 13.9. The first-order valence-electron chi connectivity index (χ1n) is 8.17. The Morgan fingerprint density at radius 1 is 1.32 bits per heavy atom. The van der Waals surface area contributed by atoms with Crippen LogP contribution in [-0.4, -0.2) is 31.2 Å². The molecule has 8 heteroatoms. The van der Waals surface area contributed by atoms with Crippen molar-refractivity contribution in [2.24, 2.45) is 12.8 Å². The number of carboxylic acid groups (broad SMARTS) is 1. The van der Waals surface area contributed by atoms with Crippen LogP contribution in [0, 0.1) is 0 Å². The zero-order chi connectivity index (χ0) is 18.1. The molecule has 0 saturated carbocycles. The monoisotopic (exact) mass is 344 g/mol. The van der Waals surface area contributed by atoms with E-state index in [4.69, 9.17) is 10.8 Å². The van der Waals surface area contributed by atoms with Crippen molar-refractivity contribution in [2.45, 2.75) is 38.1 Å². The van der Waals surface area contributed by atoms with Crippen LogP contribution in [0.3, 0.4) is 0 Å². The van der Waals surface area contributed by atoms with Crippen LogP contribution in [-0.2, 0) is 31.1 Å². The Balaban J connectivity index is 2.03. The summed E-state index contributed by atoms with van der Waals surface area (Å²) in [5.41, 5.74) is 6.87. The lowest BCUT2D eigenvalue weighted by molar-refractivity contribution is -0.138. The van der Waals surface area contributed by atoms with Gasteiger partial charge < -0.3 is 10.8 Å². The summed E-state index contributed by atoms with van der Waals surface area (Å²) in [5.74, 6) is -0.865. The van der Waals surface area contributed by atoms with Crippen LogP contribution in [0.15, 0.2) is 27.9 Å². The van der Waals surface area contributed by atoms with Crippen LogP contribution in [0.2, 0.25) is 0 Å². The maximum absolute atomic E-state index is 12.8. The van der Waals surface area contributed by atoms with Crippen molar-refractivity contribution in [2.75, 3.05) is 0 Å². The van der Waals surface area contributed by atoms with Crippen molar-refractivity contribution >= 4 is 5.97 Å². The quantitative estimate of drug-likeness (QED) is 0.790. The SMILES string of the molecule is Cn1c2c(c(=O)n(-c3ccc(C[C@H](N)C(=O)O)cn3)c1=O)CCCC2. The van der Waals surface area contributed by atoms with E-state index in [1.807, 2.05) is 0 Å². The van der Waals surface area contributed by atoms with Crippen LogP contribution in [0.25, 0.3) is 5.82 Å². The fourth-order valence-corrected chi connectivity index (χ4v) is 3.19. The molecule has 0 amide bonds. The molecule has 3 rings (SSSR count). The minimum absolute atomic E-state index is 0.125. The van der Waals surface area contributed by atoms with Gasteiger partial charge in [-0.3, -0.25) is 14.2 Å². The second kappa shape index (κ2) is 6.64. The first kappa shape index (κ1) is 17.1. The molecule has 2 heterocycles. The molecule has 8 nitrogen and oxygen atoms in total. The molecule has 0 aliphatic heterocycles. The Morgan fingerprint density at radius 2 is 2.04 bits per heavy atom. The minimum Gasteiger partial charge on any atom is -0.480 e. The molecule has 0 spiro atoms. The molecule has 0 bridgehead atoms. The summed E-state index contributed by atoms with van der Waals surface area (Å²) in [7, 11) is 1.67. The van der Waals surface area contributed by atoms with Crippen molar-refractivity contribution in [3.8, 4) is 5.82 Å². The van der Waals surface area contributed by atoms with E-state index in [0.717, 1.165) is 29.5 Å². The Labute approximate surface area is 143 Å². The van der Waals surface area contributed by atoms with Gasteiger partial charge in [0, 0.05) is 24.5 Å². The topological polar surface area (TPSA) is 120 Å². The number of aliphatic carboxylic acids is 1. The fourth-order valence-electron chi connectivity index (χ4n) is 3.19. The summed E-state index contributed by atoms with van der Waals surface area (Å²) in [5, 5.41) is 8.86. The van der Waals surface area contributed by atoms with Crippen molar-refractivity contribution in [1.82, 2.24) is 14.1 Å². The second-order valence-corrected chi connectivity index (χ2v) is 6.29. The van der Waals surface area contributed by atoms with Gasteiger partial charge in [-0.05, 0) is 43.7 Å². The van der Waals surface area contributed by atoms with E-state index >= 15 is 0 Å². The average Bonchev–Trinajstić information content (AvgIpc) is 2.61. The first-order chi connectivity index (χ1) is 11.9. The van der Waals surface area contributed by atoms with Gasteiger partial charge in [-0.1, -0.05) is 6.07 Å². The molecular weight excluding hydrogens is 324 g/mol. The molecule has 0 aromatic carbocycles. The maximum Gasteiger partial charge on any atom is 0.336 e. The molecule has 1 atom stereocenters. The number of hydrogen-bond acceptors (Lipinski definition) is 5. The Hall–Kier alpha value is -2.74. The molecular formula is C17H20N4O4. The Bertz CT molecular complexity index is 927. The highest BCUT2D eigenvalue weighted by Crippen LogP contribution is 2.16. The minimum atomic E-state index is -1.09. The van der Waals surface area contributed by atoms with Crippen LogP contribution in [0.5, 0.6) is 0 Å². The van der Waals surface area contributed by atoms with E-state index in [1.54, 1.807) is 19.2 Å². The number of pyridine rings is 1. The van der Waals surface area contributed by atoms with E-state index in [2.05, 4.69) is 4.98 Å². The Kier molecular flexibility index (Phi) is 4.54. The lowest BCUT2D eigenvalue weighted by Gasteiger charge is -2.20. The number of hydrogen-bond donors (Lipinski definition) is 2. The van der Waals surface area contributed by atoms with E-state index in [1.165, 1.54) is 10.8 Å². The number of nitrogens with two attached hydrogens (primary N) is 1. The summed E-state index contributed by atoms with van der Waals surface area (Å²) >= 11 is 0. The number of nitrogens with zero attached hydrogens (tertiary/aromatic N) is 3. The molecule has 0 fully saturated rings. The van der Waals surface area contributed by atoms with Crippen LogP contribution >= 0.6 is 0 Å². The van der Waals surface area contributed by atoms with Gasteiger partial charge in [-0.25, -0.2) is 14.3 Å². The fraction of sp³-hybridized carbons (Fsp3) is 0.412. The van der Waals surface area contributed by atoms with Crippen molar-refractivity contribution < 1.29 is 9.90 Å². The molecule has 1 aliphatic carbocycles.